The number of nitrogens with one attached hydrogen (secondary N) is 1. The first kappa shape index (κ1) is 22.0. The highest BCUT2D eigenvalue weighted by Gasteiger charge is 2.26. The molecule has 1 atom stereocenters. The second-order valence-electron chi connectivity index (χ2n) is 7.04. The Hall–Kier alpha value is -3.69. The summed E-state index contributed by atoms with van der Waals surface area (Å²) in [6, 6.07) is 7.77. The molecule has 1 amide bonds. The topological polar surface area (TPSA) is 90.0 Å². The van der Waals surface area contributed by atoms with E-state index in [9.17, 15) is 27.2 Å². The molecule has 3 aromatic rings. The third-order valence-electron chi connectivity index (χ3n) is 4.50. The summed E-state index contributed by atoms with van der Waals surface area (Å²) in [4.78, 5) is 24.7. The summed E-state index contributed by atoms with van der Waals surface area (Å²) < 4.78 is 55.1. The highest BCUT2D eigenvalue weighted by atomic mass is 19.3. The lowest BCUT2D eigenvalue weighted by Crippen LogP contribution is -2.31. The highest BCUT2D eigenvalue weighted by molar-refractivity contribution is 5.92. The number of carbonyl (C=O) groups is 1. The van der Waals surface area contributed by atoms with E-state index in [4.69, 9.17) is 5.73 Å². The summed E-state index contributed by atoms with van der Waals surface area (Å²) in [5, 5.41) is 6.41. The minimum Gasteiger partial charge on any atom is -0.399 e. The van der Waals surface area contributed by atoms with E-state index in [-0.39, 0.29) is 22.6 Å². The molecule has 3 N–H and O–H groups in total. The summed E-state index contributed by atoms with van der Waals surface area (Å²) in [7, 11) is 0. The summed E-state index contributed by atoms with van der Waals surface area (Å²) in [5.41, 5.74) is 4.54. The molecule has 0 fully saturated rings. The Bertz CT molecular complexity index is 1200. The average Bonchev–Trinajstić information content (AvgIpc) is 2.67. The number of halogens is 4. The fourth-order valence-corrected chi connectivity index (χ4v) is 2.89. The zero-order valence-electron chi connectivity index (χ0n) is 16.5. The van der Waals surface area contributed by atoms with Gasteiger partial charge in [0.25, 0.3) is 17.4 Å². The number of rotatable bonds is 5. The number of nitrogens with two attached hydrogens (primary N) is 1. The standard InChI is InChI=1S/C21H18F4N4O2/c1-11(12-7-13(21(2,24)25)9-15(26)8-12)27-20(31)17-4-6-19(30)29(28-17)18-5-3-14(22)10-16(18)23/h3-11H,26H2,1-2H3,(H,27,31)/t11-/m1/s1. The quantitative estimate of drug-likeness (QED) is 0.473. The fraction of sp³-hybridized carbons (Fsp3) is 0.190. The van der Waals surface area contributed by atoms with E-state index >= 15 is 0 Å². The van der Waals surface area contributed by atoms with Crippen LogP contribution in [0.2, 0.25) is 0 Å². The number of nitrogens with zero attached hydrogens (tertiary/aromatic N) is 2. The Morgan fingerprint density at radius 3 is 2.48 bits per heavy atom. The van der Waals surface area contributed by atoms with E-state index < -0.39 is 35.1 Å². The molecule has 0 saturated heterocycles. The molecule has 162 valence electrons. The van der Waals surface area contributed by atoms with E-state index in [1.165, 1.54) is 12.1 Å². The monoisotopic (exact) mass is 434 g/mol. The summed E-state index contributed by atoms with van der Waals surface area (Å²) >= 11 is 0. The number of benzene rings is 2. The van der Waals surface area contributed by atoms with Crippen LogP contribution in [0.4, 0.5) is 23.2 Å². The number of alkyl halides is 2. The zero-order chi connectivity index (χ0) is 22.9. The van der Waals surface area contributed by atoms with E-state index in [0.29, 0.717) is 16.3 Å². The van der Waals surface area contributed by atoms with Gasteiger partial charge in [0.15, 0.2) is 5.82 Å². The van der Waals surface area contributed by atoms with Gasteiger partial charge >= 0.3 is 0 Å². The van der Waals surface area contributed by atoms with Crippen LogP contribution in [0, 0.1) is 11.6 Å². The molecule has 0 saturated carbocycles. The molecule has 31 heavy (non-hydrogen) atoms. The predicted molar refractivity (Wildman–Crippen MR) is 106 cm³/mol. The average molecular weight is 434 g/mol. The van der Waals surface area contributed by atoms with Crippen LogP contribution >= 0.6 is 0 Å². The number of hydrogen-bond donors (Lipinski definition) is 2. The van der Waals surface area contributed by atoms with Gasteiger partial charge in [0.1, 0.15) is 17.2 Å². The van der Waals surface area contributed by atoms with Crippen molar-refractivity contribution in [3.05, 3.63) is 87.3 Å². The van der Waals surface area contributed by atoms with Crippen molar-refractivity contribution in [3.8, 4) is 5.69 Å². The summed E-state index contributed by atoms with van der Waals surface area (Å²) in [5.74, 6) is -5.73. The number of amides is 1. The van der Waals surface area contributed by atoms with E-state index in [0.717, 1.165) is 37.3 Å². The molecule has 1 aromatic heterocycles. The van der Waals surface area contributed by atoms with Crippen LogP contribution in [0.5, 0.6) is 0 Å². The van der Waals surface area contributed by atoms with Crippen molar-refractivity contribution in [3.63, 3.8) is 0 Å². The molecule has 6 nitrogen and oxygen atoms in total. The molecule has 0 aliphatic carbocycles. The number of hydrogen-bond acceptors (Lipinski definition) is 4. The van der Waals surface area contributed by atoms with Gasteiger partial charge < -0.3 is 11.1 Å². The normalized spacial score (nSPS) is 12.5. The van der Waals surface area contributed by atoms with Crippen molar-refractivity contribution in [1.29, 1.82) is 0 Å². The Balaban J connectivity index is 1.89. The smallest absolute Gasteiger partial charge is 0.272 e. The van der Waals surface area contributed by atoms with Crippen LogP contribution < -0.4 is 16.6 Å². The number of anilines is 1. The molecular weight excluding hydrogens is 416 g/mol. The molecule has 0 radical (unpaired) electrons. The van der Waals surface area contributed by atoms with Gasteiger partial charge in [-0.15, -0.1) is 0 Å². The Kier molecular flexibility index (Phi) is 5.83. The largest absolute Gasteiger partial charge is 0.399 e. The molecule has 0 unspecified atom stereocenters. The van der Waals surface area contributed by atoms with Gasteiger partial charge in [0.2, 0.25) is 0 Å². The van der Waals surface area contributed by atoms with Gasteiger partial charge in [0, 0.05) is 30.3 Å². The van der Waals surface area contributed by atoms with Gasteiger partial charge in [-0.3, -0.25) is 9.59 Å². The maximum atomic E-state index is 14.0. The third-order valence-corrected chi connectivity index (χ3v) is 4.50. The first-order valence-electron chi connectivity index (χ1n) is 9.11. The van der Waals surface area contributed by atoms with Crippen molar-refractivity contribution >= 4 is 11.6 Å². The lowest BCUT2D eigenvalue weighted by Gasteiger charge is -2.18. The molecule has 0 aliphatic rings. The number of carbonyl (C=O) groups excluding carboxylic acids is 1. The van der Waals surface area contributed by atoms with E-state index in [2.05, 4.69) is 10.4 Å². The first-order valence-corrected chi connectivity index (χ1v) is 9.11. The number of nitrogen functional groups attached to an aromatic ring is 1. The van der Waals surface area contributed by atoms with Crippen molar-refractivity contribution < 1.29 is 22.4 Å². The van der Waals surface area contributed by atoms with Crippen LogP contribution in [0.3, 0.4) is 0 Å². The van der Waals surface area contributed by atoms with Gasteiger partial charge in [-0.2, -0.15) is 9.78 Å². The molecule has 10 heteroatoms. The third kappa shape index (κ3) is 4.90. The molecule has 0 bridgehead atoms. The van der Waals surface area contributed by atoms with Gasteiger partial charge in [-0.05, 0) is 48.9 Å². The highest BCUT2D eigenvalue weighted by Crippen LogP contribution is 2.31. The van der Waals surface area contributed by atoms with Crippen LogP contribution in [0.15, 0.2) is 53.3 Å². The second kappa shape index (κ2) is 8.21. The molecular formula is C21H18F4N4O2. The van der Waals surface area contributed by atoms with Gasteiger partial charge in [0.05, 0.1) is 6.04 Å². The predicted octanol–water partition coefficient (Wildman–Crippen LogP) is 3.70. The maximum absolute atomic E-state index is 14.0. The van der Waals surface area contributed by atoms with Crippen LogP contribution in [-0.4, -0.2) is 15.7 Å². The van der Waals surface area contributed by atoms with E-state index in [1.54, 1.807) is 6.92 Å². The molecule has 2 aromatic carbocycles. The number of aromatic nitrogens is 2. The minimum atomic E-state index is -3.12. The SMILES string of the molecule is C[C@@H](NC(=O)c1ccc(=O)n(-c2ccc(F)cc2F)n1)c1cc(N)cc(C(C)(F)F)c1. The minimum absolute atomic E-state index is 0.105. The van der Waals surface area contributed by atoms with Gasteiger partial charge in [-0.1, -0.05) is 0 Å². The van der Waals surface area contributed by atoms with Crippen molar-refractivity contribution in [2.45, 2.75) is 25.8 Å². The Morgan fingerprint density at radius 1 is 1.13 bits per heavy atom. The molecule has 1 heterocycles. The molecule has 0 aliphatic heterocycles. The Morgan fingerprint density at radius 2 is 1.84 bits per heavy atom. The Labute approximate surface area is 174 Å². The first-order chi connectivity index (χ1) is 14.5. The van der Waals surface area contributed by atoms with E-state index in [1.807, 2.05) is 0 Å². The molecule has 3 rings (SSSR count). The zero-order valence-corrected chi connectivity index (χ0v) is 16.5. The van der Waals surface area contributed by atoms with Crippen molar-refractivity contribution in [2.24, 2.45) is 0 Å². The van der Waals surface area contributed by atoms with Crippen LogP contribution in [0.1, 0.15) is 41.5 Å². The lowest BCUT2D eigenvalue weighted by atomic mass is 10.0. The lowest BCUT2D eigenvalue weighted by molar-refractivity contribution is 0.0174. The van der Waals surface area contributed by atoms with Crippen LogP contribution in [-0.2, 0) is 5.92 Å². The van der Waals surface area contributed by atoms with Crippen molar-refractivity contribution in [1.82, 2.24) is 15.1 Å². The summed E-state index contributed by atoms with van der Waals surface area (Å²) in [6.45, 7) is 2.29. The molecule has 0 spiro atoms. The van der Waals surface area contributed by atoms with Gasteiger partial charge in [-0.25, -0.2) is 17.6 Å². The van der Waals surface area contributed by atoms with Crippen molar-refractivity contribution in [2.75, 3.05) is 5.73 Å². The second-order valence-corrected chi connectivity index (χ2v) is 7.04. The maximum Gasteiger partial charge on any atom is 0.272 e. The van der Waals surface area contributed by atoms with Crippen LogP contribution in [0.25, 0.3) is 5.69 Å². The summed E-state index contributed by atoms with van der Waals surface area (Å²) in [6.07, 6.45) is 0. The fourth-order valence-electron chi connectivity index (χ4n) is 2.89.